The van der Waals surface area contributed by atoms with E-state index in [2.05, 4.69) is 21.3 Å². The molecule has 1 unspecified atom stereocenters. The molecule has 2 aromatic heterocycles. The molecule has 1 saturated heterocycles. The van der Waals surface area contributed by atoms with E-state index in [0.717, 1.165) is 61.1 Å². The highest BCUT2D eigenvalue weighted by atomic mass is 32.1. The molecule has 0 bridgehead atoms. The van der Waals surface area contributed by atoms with Gasteiger partial charge in [0.05, 0.1) is 23.4 Å². The van der Waals surface area contributed by atoms with Crippen molar-refractivity contribution in [2.75, 3.05) is 26.2 Å². The van der Waals surface area contributed by atoms with Crippen molar-refractivity contribution in [3.05, 3.63) is 42.2 Å². The normalized spacial score (nSPS) is 17.9. The maximum absolute atomic E-state index is 9.36. The van der Waals surface area contributed by atoms with Gasteiger partial charge >= 0.3 is 0 Å². The lowest BCUT2D eigenvalue weighted by atomic mass is 10.2. The van der Waals surface area contributed by atoms with Gasteiger partial charge in [-0.05, 0) is 69.6 Å². The lowest BCUT2D eigenvalue weighted by Gasteiger charge is -2.22. The molecule has 3 heterocycles. The zero-order valence-electron chi connectivity index (χ0n) is 15.6. The van der Waals surface area contributed by atoms with Gasteiger partial charge in [0.25, 0.3) is 0 Å². The molecule has 3 aromatic rings. The number of rotatable bonds is 9. The topological polar surface area (TPSA) is 61.5 Å². The first-order valence-corrected chi connectivity index (χ1v) is 10.7. The number of thiazole rings is 1. The van der Waals surface area contributed by atoms with E-state index in [9.17, 15) is 5.11 Å². The summed E-state index contributed by atoms with van der Waals surface area (Å²) in [5, 5.41) is 13.8. The SMILES string of the molecule is OCC1CCCN1CCCCNCc1ccc(-c2nc3ccccc3s2)o1. The number of likely N-dealkylation sites (tertiary alicyclic amines) is 1. The van der Waals surface area contributed by atoms with Crippen molar-refractivity contribution in [2.24, 2.45) is 0 Å². The van der Waals surface area contributed by atoms with E-state index >= 15 is 0 Å². The van der Waals surface area contributed by atoms with Gasteiger partial charge in [-0.3, -0.25) is 4.90 Å². The Morgan fingerprint density at radius 3 is 3.04 bits per heavy atom. The Morgan fingerprint density at radius 2 is 2.15 bits per heavy atom. The number of nitrogens with zero attached hydrogens (tertiary/aromatic N) is 2. The maximum Gasteiger partial charge on any atom is 0.163 e. The smallest absolute Gasteiger partial charge is 0.163 e. The van der Waals surface area contributed by atoms with Crippen molar-refractivity contribution in [1.29, 1.82) is 0 Å². The Balaban J connectivity index is 1.20. The number of hydrogen-bond donors (Lipinski definition) is 2. The first kappa shape index (κ1) is 18.6. The van der Waals surface area contributed by atoms with E-state index in [4.69, 9.17) is 4.42 Å². The number of fused-ring (bicyclic) bond motifs is 1. The van der Waals surface area contributed by atoms with Crippen LogP contribution in [-0.4, -0.2) is 47.3 Å². The number of aliphatic hydroxyl groups excluding tert-OH is 1. The van der Waals surface area contributed by atoms with Crippen molar-refractivity contribution in [3.63, 3.8) is 0 Å². The number of hydrogen-bond acceptors (Lipinski definition) is 6. The van der Waals surface area contributed by atoms with Gasteiger partial charge in [-0.2, -0.15) is 0 Å². The Kier molecular flexibility index (Phi) is 6.19. The van der Waals surface area contributed by atoms with Crippen LogP contribution in [0.15, 0.2) is 40.8 Å². The molecule has 0 amide bonds. The molecule has 1 aliphatic heterocycles. The fourth-order valence-corrected chi connectivity index (χ4v) is 4.67. The molecule has 0 spiro atoms. The summed E-state index contributed by atoms with van der Waals surface area (Å²) >= 11 is 1.66. The van der Waals surface area contributed by atoms with Crippen molar-refractivity contribution < 1.29 is 9.52 Å². The predicted molar refractivity (Wildman–Crippen MR) is 110 cm³/mol. The molecule has 0 aliphatic carbocycles. The minimum Gasteiger partial charge on any atom is -0.457 e. The summed E-state index contributed by atoms with van der Waals surface area (Å²) in [6.45, 7) is 4.26. The Morgan fingerprint density at radius 1 is 1.22 bits per heavy atom. The van der Waals surface area contributed by atoms with Gasteiger partial charge in [-0.1, -0.05) is 12.1 Å². The molecule has 144 valence electrons. The molecule has 1 fully saturated rings. The van der Waals surface area contributed by atoms with Crippen LogP contribution in [0, 0.1) is 0 Å². The van der Waals surface area contributed by atoms with Gasteiger partial charge < -0.3 is 14.8 Å². The van der Waals surface area contributed by atoms with Gasteiger partial charge in [-0.25, -0.2) is 4.98 Å². The van der Waals surface area contributed by atoms with E-state index < -0.39 is 0 Å². The van der Waals surface area contributed by atoms with E-state index in [1.165, 1.54) is 17.5 Å². The van der Waals surface area contributed by atoms with Gasteiger partial charge in [0, 0.05) is 6.04 Å². The molecule has 1 aromatic carbocycles. The van der Waals surface area contributed by atoms with E-state index in [1.54, 1.807) is 11.3 Å². The predicted octanol–water partition coefficient (Wildman–Crippen LogP) is 3.88. The lowest BCUT2D eigenvalue weighted by Crippen LogP contribution is -2.33. The summed E-state index contributed by atoms with van der Waals surface area (Å²) in [6.07, 6.45) is 4.67. The van der Waals surface area contributed by atoms with Crippen LogP contribution in [0.1, 0.15) is 31.4 Å². The Bertz CT molecular complexity index is 827. The lowest BCUT2D eigenvalue weighted by molar-refractivity contribution is 0.157. The van der Waals surface area contributed by atoms with Crippen molar-refractivity contribution in [3.8, 4) is 10.8 Å². The number of aliphatic hydroxyl groups is 1. The van der Waals surface area contributed by atoms with Gasteiger partial charge in [0.2, 0.25) is 0 Å². The highest BCUT2D eigenvalue weighted by Crippen LogP contribution is 2.31. The second kappa shape index (κ2) is 8.97. The second-order valence-electron chi connectivity index (χ2n) is 7.15. The number of aromatic nitrogens is 1. The zero-order chi connectivity index (χ0) is 18.5. The Hall–Kier alpha value is -1.73. The summed E-state index contributed by atoms with van der Waals surface area (Å²) in [5.41, 5.74) is 1.02. The van der Waals surface area contributed by atoms with Crippen LogP contribution in [0.3, 0.4) is 0 Å². The zero-order valence-corrected chi connectivity index (χ0v) is 16.4. The summed E-state index contributed by atoms with van der Waals surface area (Å²) in [5.74, 6) is 1.79. The summed E-state index contributed by atoms with van der Waals surface area (Å²) in [6, 6.07) is 12.6. The van der Waals surface area contributed by atoms with Crippen LogP contribution in [0.2, 0.25) is 0 Å². The van der Waals surface area contributed by atoms with Crippen LogP contribution < -0.4 is 5.32 Å². The van der Waals surface area contributed by atoms with Crippen molar-refractivity contribution in [1.82, 2.24) is 15.2 Å². The standard InChI is InChI=1S/C21H27N3O2S/c25-15-16-6-5-13-24(16)12-4-3-11-22-14-17-9-10-19(26-17)21-23-18-7-1-2-8-20(18)27-21/h1-2,7-10,16,22,25H,3-6,11-15H2. The molecular weight excluding hydrogens is 358 g/mol. The average Bonchev–Trinajstić information content (AvgIpc) is 3.43. The van der Waals surface area contributed by atoms with Crippen LogP contribution in [0.5, 0.6) is 0 Å². The summed E-state index contributed by atoms with van der Waals surface area (Å²) in [4.78, 5) is 7.08. The minimum atomic E-state index is 0.299. The number of furan rings is 1. The summed E-state index contributed by atoms with van der Waals surface area (Å²) < 4.78 is 7.15. The third-order valence-electron chi connectivity index (χ3n) is 5.22. The third-order valence-corrected chi connectivity index (χ3v) is 6.28. The van der Waals surface area contributed by atoms with Crippen LogP contribution in [0.25, 0.3) is 21.0 Å². The van der Waals surface area contributed by atoms with Gasteiger partial charge in [0.15, 0.2) is 10.8 Å². The number of nitrogens with one attached hydrogen (secondary N) is 1. The number of benzene rings is 1. The minimum absolute atomic E-state index is 0.299. The average molecular weight is 386 g/mol. The molecule has 4 rings (SSSR count). The maximum atomic E-state index is 9.36. The third kappa shape index (κ3) is 4.58. The highest BCUT2D eigenvalue weighted by molar-refractivity contribution is 7.21. The quantitative estimate of drug-likeness (QED) is 0.547. The molecule has 1 atom stereocenters. The van der Waals surface area contributed by atoms with Crippen molar-refractivity contribution in [2.45, 2.75) is 38.3 Å². The molecule has 1 aliphatic rings. The highest BCUT2D eigenvalue weighted by Gasteiger charge is 2.22. The van der Waals surface area contributed by atoms with Crippen LogP contribution in [-0.2, 0) is 6.54 Å². The molecule has 0 radical (unpaired) electrons. The molecule has 27 heavy (non-hydrogen) atoms. The molecule has 5 nitrogen and oxygen atoms in total. The number of para-hydroxylation sites is 1. The van der Waals surface area contributed by atoms with E-state index in [1.807, 2.05) is 30.3 Å². The summed E-state index contributed by atoms with van der Waals surface area (Å²) in [7, 11) is 0. The second-order valence-corrected chi connectivity index (χ2v) is 8.18. The van der Waals surface area contributed by atoms with Crippen LogP contribution >= 0.6 is 11.3 Å². The first-order valence-electron chi connectivity index (χ1n) is 9.84. The van der Waals surface area contributed by atoms with Crippen molar-refractivity contribution >= 4 is 21.6 Å². The fraction of sp³-hybridized carbons (Fsp3) is 0.476. The van der Waals surface area contributed by atoms with Crippen LogP contribution in [0.4, 0.5) is 0 Å². The fourth-order valence-electron chi connectivity index (χ4n) is 3.74. The largest absolute Gasteiger partial charge is 0.457 e. The molecular formula is C21H27N3O2S. The van der Waals surface area contributed by atoms with E-state index in [-0.39, 0.29) is 0 Å². The molecule has 2 N–H and O–H groups in total. The molecule has 0 saturated carbocycles. The first-order chi connectivity index (χ1) is 13.3. The van der Waals surface area contributed by atoms with E-state index in [0.29, 0.717) is 12.6 Å². The number of unbranched alkanes of at least 4 members (excludes halogenated alkanes) is 1. The molecule has 6 heteroatoms. The van der Waals surface area contributed by atoms with Gasteiger partial charge in [0.1, 0.15) is 5.76 Å². The van der Waals surface area contributed by atoms with Gasteiger partial charge in [-0.15, -0.1) is 11.3 Å². The Labute approximate surface area is 164 Å². The monoisotopic (exact) mass is 385 g/mol.